The third-order valence-corrected chi connectivity index (χ3v) is 4.28. The van der Waals surface area contributed by atoms with E-state index in [9.17, 15) is 4.79 Å². The molecular weight excluding hydrogens is 262 g/mol. The van der Waals surface area contributed by atoms with Crippen molar-refractivity contribution in [3.63, 3.8) is 0 Å². The van der Waals surface area contributed by atoms with Gasteiger partial charge >= 0.3 is 5.97 Å². The number of carboxylic acids is 1. The fourth-order valence-electron chi connectivity index (χ4n) is 2.72. The highest BCUT2D eigenvalue weighted by Gasteiger charge is 2.35. The van der Waals surface area contributed by atoms with Gasteiger partial charge in [0.05, 0.1) is 12.0 Å². The summed E-state index contributed by atoms with van der Waals surface area (Å²) in [5.74, 6) is 0.115. The number of aryl methyl sites for hydroxylation is 1. The van der Waals surface area contributed by atoms with Crippen LogP contribution in [0.2, 0.25) is 0 Å². The summed E-state index contributed by atoms with van der Waals surface area (Å²) in [7, 11) is 0. The molecule has 1 heterocycles. The van der Waals surface area contributed by atoms with Crippen LogP contribution >= 0.6 is 11.5 Å². The summed E-state index contributed by atoms with van der Waals surface area (Å²) >= 11 is 1.34. The lowest BCUT2D eigenvalue weighted by Gasteiger charge is -2.36. The van der Waals surface area contributed by atoms with Crippen molar-refractivity contribution in [2.24, 2.45) is 0 Å². The normalized spacial score (nSPS) is 18.2. The van der Waals surface area contributed by atoms with Crippen molar-refractivity contribution in [2.45, 2.75) is 63.8 Å². The van der Waals surface area contributed by atoms with E-state index in [1.165, 1.54) is 18.0 Å². The van der Waals surface area contributed by atoms with E-state index in [1.807, 2.05) is 0 Å². The highest BCUT2D eigenvalue weighted by Crippen LogP contribution is 2.34. The van der Waals surface area contributed by atoms with Gasteiger partial charge in [-0.15, -0.1) is 0 Å². The Morgan fingerprint density at radius 2 is 2.16 bits per heavy atom. The second-order valence-corrected chi connectivity index (χ2v) is 6.05. The molecule has 1 aliphatic carbocycles. The summed E-state index contributed by atoms with van der Waals surface area (Å²) in [5, 5.41) is 13.3. The van der Waals surface area contributed by atoms with Crippen LogP contribution in [0.4, 0.5) is 5.13 Å². The number of aliphatic carboxylic acids is 1. The summed E-state index contributed by atoms with van der Waals surface area (Å²) in [4.78, 5) is 15.5. The Labute approximate surface area is 117 Å². The second-order valence-electron chi connectivity index (χ2n) is 5.30. The monoisotopic (exact) mass is 283 g/mol. The minimum atomic E-state index is -0.743. The summed E-state index contributed by atoms with van der Waals surface area (Å²) in [6.07, 6.45) is 7.24. The van der Waals surface area contributed by atoms with Crippen LogP contribution in [0, 0.1) is 0 Å². The molecule has 1 saturated carbocycles. The molecule has 0 atom stereocenters. The van der Waals surface area contributed by atoms with Crippen molar-refractivity contribution in [3.05, 3.63) is 5.82 Å². The van der Waals surface area contributed by atoms with E-state index < -0.39 is 5.97 Å². The highest BCUT2D eigenvalue weighted by atomic mass is 32.1. The van der Waals surface area contributed by atoms with Gasteiger partial charge in [0.25, 0.3) is 0 Å². The van der Waals surface area contributed by atoms with Gasteiger partial charge < -0.3 is 10.4 Å². The fourth-order valence-corrected chi connectivity index (χ4v) is 3.45. The van der Waals surface area contributed by atoms with Gasteiger partial charge in [-0.3, -0.25) is 4.79 Å². The maximum Gasteiger partial charge on any atom is 0.305 e. The van der Waals surface area contributed by atoms with E-state index in [0.717, 1.165) is 49.5 Å². The van der Waals surface area contributed by atoms with E-state index in [4.69, 9.17) is 5.11 Å². The van der Waals surface area contributed by atoms with Crippen molar-refractivity contribution >= 4 is 22.6 Å². The molecule has 0 bridgehead atoms. The second kappa shape index (κ2) is 6.32. The lowest BCUT2D eigenvalue weighted by molar-refractivity contribution is -0.138. The number of carboxylic acid groups (broad SMARTS) is 1. The van der Waals surface area contributed by atoms with Crippen LogP contribution in [0.5, 0.6) is 0 Å². The molecule has 1 aromatic heterocycles. The van der Waals surface area contributed by atoms with Gasteiger partial charge in [0.1, 0.15) is 5.82 Å². The first kappa shape index (κ1) is 14.2. The van der Waals surface area contributed by atoms with Crippen LogP contribution in [0.3, 0.4) is 0 Å². The molecule has 19 heavy (non-hydrogen) atoms. The summed E-state index contributed by atoms with van der Waals surface area (Å²) < 4.78 is 4.30. The summed E-state index contributed by atoms with van der Waals surface area (Å²) in [6, 6.07) is 0. The number of anilines is 1. The zero-order chi connectivity index (χ0) is 13.7. The number of nitrogens with one attached hydrogen (secondary N) is 1. The molecule has 1 aliphatic rings. The standard InChI is InChI=1S/C13H21N3O2S/c1-2-6-10-14-12(19-16-10)15-13(9-11(17)18)7-4-3-5-8-13/h2-9H2,1H3,(H,17,18)(H,14,15,16). The first-order chi connectivity index (χ1) is 9.13. The fraction of sp³-hybridized carbons (Fsp3) is 0.769. The van der Waals surface area contributed by atoms with Crippen LogP contribution in [0.15, 0.2) is 0 Å². The van der Waals surface area contributed by atoms with E-state index in [2.05, 4.69) is 21.6 Å². The lowest BCUT2D eigenvalue weighted by atomic mass is 9.79. The molecular formula is C13H21N3O2S. The van der Waals surface area contributed by atoms with Crippen molar-refractivity contribution < 1.29 is 9.90 Å². The molecule has 1 fully saturated rings. The molecule has 2 rings (SSSR count). The Hall–Kier alpha value is -1.17. The third-order valence-electron chi connectivity index (χ3n) is 3.61. The number of rotatable bonds is 6. The van der Waals surface area contributed by atoms with Crippen LogP contribution in [-0.2, 0) is 11.2 Å². The van der Waals surface area contributed by atoms with E-state index in [1.54, 1.807) is 0 Å². The molecule has 0 aromatic carbocycles. The largest absolute Gasteiger partial charge is 0.481 e. The molecule has 6 heteroatoms. The van der Waals surface area contributed by atoms with Crippen molar-refractivity contribution in [2.75, 3.05) is 5.32 Å². The van der Waals surface area contributed by atoms with Gasteiger partial charge in [0.15, 0.2) is 0 Å². The minimum Gasteiger partial charge on any atom is -0.481 e. The Morgan fingerprint density at radius 3 is 2.79 bits per heavy atom. The maximum atomic E-state index is 11.1. The van der Waals surface area contributed by atoms with Crippen LogP contribution in [-0.4, -0.2) is 26.0 Å². The Balaban J connectivity index is 2.07. The van der Waals surface area contributed by atoms with Gasteiger partial charge in [-0.2, -0.15) is 4.37 Å². The Morgan fingerprint density at radius 1 is 1.42 bits per heavy atom. The van der Waals surface area contributed by atoms with E-state index in [0.29, 0.717) is 0 Å². The van der Waals surface area contributed by atoms with Gasteiger partial charge in [-0.1, -0.05) is 26.2 Å². The molecule has 0 unspecified atom stereocenters. The minimum absolute atomic E-state index is 0.162. The molecule has 0 radical (unpaired) electrons. The maximum absolute atomic E-state index is 11.1. The van der Waals surface area contributed by atoms with E-state index >= 15 is 0 Å². The van der Waals surface area contributed by atoms with Crippen molar-refractivity contribution in [1.29, 1.82) is 0 Å². The first-order valence-electron chi connectivity index (χ1n) is 6.96. The van der Waals surface area contributed by atoms with Gasteiger partial charge in [0.2, 0.25) is 5.13 Å². The van der Waals surface area contributed by atoms with Crippen LogP contribution in [0.25, 0.3) is 0 Å². The molecule has 0 aliphatic heterocycles. The molecule has 106 valence electrons. The predicted octanol–water partition coefficient (Wildman–Crippen LogP) is 3.08. The zero-order valence-corrected chi connectivity index (χ0v) is 12.1. The summed E-state index contributed by atoms with van der Waals surface area (Å²) in [5.41, 5.74) is -0.326. The van der Waals surface area contributed by atoms with Crippen LogP contribution in [0.1, 0.15) is 57.7 Å². The average molecular weight is 283 g/mol. The lowest BCUT2D eigenvalue weighted by Crippen LogP contribution is -2.42. The highest BCUT2D eigenvalue weighted by molar-refractivity contribution is 7.09. The summed E-state index contributed by atoms with van der Waals surface area (Å²) in [6.45, 7) is 2.10. The predicted molar refractivity (Wildman–Crippen MR) is 75.6 cm³/mol. The van der Waals surface area contributed by atoms with Gasteiger partial charge in [-0.05, 0) is 19.3 Å². The molecule has 2 N–H and O–H groups in total. The van der Waals surface area contributed by atoms with Crippen molar-refractivity contribution in [3.8, 4) is 0 Å². The smallest absolute Gasteiger partial charge is 0.305 e. The molecule has 1 aromatic rings. The Kier molecular flexibility index (Phi) is 4.74. The quantitative estimate of drug-likeness (QED) is 0.839. The molecule has 0 saturated heterocycles. The number of hydrogen-bond donors (Lipinski definition) is 2. The molecule has 0 spiro atoms. The first-order valence-corrected chi connectivity index (χ1v) is 7.73. The SMILES string of the molecule is CCCc1nsc(NC2(CC(=O)O)CCCCC2)n1. The average Bonchev–Trinajstić information content (AvgIpc) is 2.77. The van der Waals surface area contributed by atoms with E-state index in [-0.39, 0.29) is 12.0 Å². The molecule has 0 amide bonds. The third kappa shape index (κ3) is 3.89. The van der Waals surface area contributed by atoms with Crippen LogP contribution < -0.4 is 5.32 Å². The Bertz CT molecular complexity index is 427. The number of aromatic nitrogens is 2. The number of carbonyl (C=O) groups is 1. The molecule has 5 nitrogen and oxygen atoms in total. The van der Waals surface area contributed by atoms with Gasteiger partial charge in [0, 0.05) is 18.0 Å². The number of nitrogens with zero attached hydrogens (tertiary/aromatic N) is 2. The van der Waals surface area contributed by atoms with Gasteiger partial charge in [-0.25, -0.2) is 4.98 Å². The topological polar surface area (TPSA) is 75.1 Å². The van der Waals surface area contributed by atoms with Crippen molar-refractivity contribution in [1.82, 2.24) is 9.36 Å². The number of hydrogen-bond acceptors (Lipinski definition) is 5. The zero-order valence-electron chi connectivity index (χ0n) is 11.3.